The highest BCUT2D eigenvalue weighted by Crippen LogP contribution is 2.40. The first-order valence-electron chi connectivity index (χ1n) is 9.12. The highest BCUT2D eigenvalue weighted by Gasteiger charge is 2.33. The number of hydrogen-bond acceptors (Lipinski definition) is 3. The van der Waals surface area contributed by atoms with Crippen LogP contribution in [0.3, 0.4) is 0 Å². The van der Waals surface area contributed by atoms with Crippen molar-refractivity contribution in [2.45, 2.75) is 65.4 Å². The molecule has 136 valence electrons. The fourth-order valence-electron chi connectivity index (χ4n) is 3.02. The van der Waals surface area contributed by atoms with Crippen LogP contribution in [0.25, 0.3) is 0 Å². The van der Waals surface area contributed by atoms with E-state index >= 15 is 0 Å². The van der Waals surface area contributed by atoms with E-state index in [2.05, 4.69) is 43.3 Å². The molecule has 1 fully saturated rings. The highest BCUT2D eigenvalue weighted by atomic mass is 16.5. The summed E-state index contributed by atoms with van der Waals surface area (Å²) >= 11 is 0. The van der Waals surface area contributed by atoms with Gasteiger partial charge in [0.05, 0.1) is 12.1 Å². The average molecular weight is 328 g/mol. The Morgan fingerprint density at radius 1 is 1.17 bits per heavy atom. The van der Waals surface area contributed by atoms with Crippen LogP contribution in [0.4, 0.5) is 0 Å². The zero-order valence-electron chi connectivity index (χ0n) is 15.8. The summed E-state index contributed by atoms with van der Waals surface area (Å²) in [5.74, 6) is 0.889. The molecule has 0 atom stereocenters. The first kappa shape index (κ1) is 20.2. The molecule has 5 nitrogen and oxygen atoms in total. The topological polar surface area (TPSA) is 54.9 Å². The standard InChI is InChI=1S/C18H37N3O2/c1-6-19-16(20-14-17(3,4)22-5)21-15-18(10-8-9-11-18)12-13-23-7-2/h6-15H2,1-5H3,(H2,19,20,21). The predicted octanol–water partition coefficient (Wildman–Crippen LogP) is 2.95. The van der Waals surface area contributed by atoms with Gasteiger partial charge in [-0.3, -0.25) is 4.99 Å². The van der Waals surface area contributed by atoms with E-state index < -0.39 is 0 Å². The van der Waals surface area contributed by atoms with E-state index in [-0.39, 0.29) is 5.60 Å². The van der Waals surface area contributed by atoms with Crippen molar-refractivity contribution in [2.24, 2.45) is 10.4 Å². The van der Waals surface area contributed by atoms with Crippen LogP contribution >= 0.6 is 0 Å². The van der Waals surface area contributed by atoms with Gasteiger partial charge >= 0.3 is 0 Å². The van der Waals surface area contributed by atoms with E-state index in [1.165, 1.54) is 25.7 Å². The van der Waals surface area contributed by atoms with Crippen molar-refractivity contribution >= 4 is 5.96 Å². The van der Waals surface area contributed by atoms with Crippen molar-refractivity contribution in [2.75, 3.05) is 40.0 Å². The minimum atomic E-state index is -0.234. The summed E-state index contributed by atoms with van der Waals surface area (Å²) in [5.41, 5.74) is 0.129. The molecule has 1 aliphatic rings. The van der Waals surface area contributed by atoms with Crippen LogP contribution in [0.15, 0.2) is 4.99 Å². The van der Waals surface area contributed by atoms with Gasteiger partial charge in [0, 0.05) is 33.4 Å². The van der Waals surface area contributed by atoms with Gasteiger partial charge in [-0.25, -0.2) is 0 Å². The van der Waals surface area contributed by atoms with Crippen molar-refractivity contribution < 1.29 is 9.47 Å². The molecule has 5 heteroatoms. The molecule has 0 amide bonds. The third kappa shape index (κ3) is 7.53. The van der Waals surface area contributed by atoms with Crippen molar-refractivity contribution in [1.29, 1.82) is 0 Å². The number of nitrogens with one attached hydrogen (secondary N) is 2. The van der Waals surface area contributed by atoms with E-state index in [0.29, 0.717) is 12.0 Å². The molecule has 0 heterocycles. The molecule has 0 saturated heterocycles. The van der Waals surface area contributed by atoms with Gasteiger partial charge in [-0.2, -0.15) is 0 Å². The predicted molar refractivity (Wildman–Crippen MR) is 97.1 cm³/mol. The van der Waals surface area contributed by atoms with Crippen LogP contribution in [-0.4, -0.2) is 51.5 Å². The van der Waals surface area contributed by atoms with Gasteiger partial charge in [-0.15, -0.1) is 0 Å². The number of rotatable bonds is 10. The summed E-state index contributed by atoms with van der Waals surface area (Å²) in [5, 5.41) is 6.89. The van der Waals surface area contributed by atoms with Gasteiger partial charge in [0.15, 0.2) is 5.96 Å². The van der Waals surface area contributed by atoms with E-state index in [1.54, 1.807) is 7.11 Å². The molecule has 0 aromatic rings. The minimum absolute atomic E-state index is 0.234. The summed E-state index contributed by atoms with van der Waals surface area (Å²) in [6, 6.07) is 0. The third-order valence-electron chi connectivity index (χ3n) is 4.79. The molecule has 2 N–H and O–H groups in total. The summed E-state index contributed by atoms with van der Waals surface area (Å²) in [7, 11) is 1.73. The summed E-state index contributed by atoms with van der Waals surface area (Å²) in [6.07, 6.45) is 6.37. The molecule has 1 rings (SSSR count). The molecule has 0 unspecified atom stereocenters. The molecule has 0 radical (unpaired) electrons. The zero-order chi connectivity index (χ0) is 17.2. The molecule has 0 aromatic carbocycles. The molecular weight excluding hydrogens is 290 g/mol. The van der Waals surface area contributed by atoms with E-state index in [4.69, 9.17) is 9.47 Å². The second kappa shape index (κ2) is 10.1. The SMILES string of the molecule is CCNC(=NCC(C)(C)OC)NCC1(CCOCC)CCCC1. The van der Waals surface area contributed by atoms with Crippen LogP contribution < -0.4 is 10.6 Å². The number of nitrogens with zero attached hydrogens (tertiary/aromatic N) is 1. The van der Waals surface area contributed by atoms with Crippen molar-refractivity contribution in [1.82, 2.24) is 10.6 Å². The molecule has 23 heavy (non-hydrogen) atoms. The van der Waals surface area contributed by atoms with E-state index in [0.717, 1.165) is 38.7 Å². The Morgan fingerprint density at radius 3 is 2.43 bits per heavy atom. The Bertz CT molecular complexity index is 350. The second-order valence-corrected chi connectivity index (χ2v) is 7.17. The largest absolute Gasteiger partial charge is 0.382 e. The maximum absolute atomic E-state index is 5.59. The molecule has 0 spiro atoms. The highest BCUT2D eigenvalue weighted by molar-refractivity contribution is 5.79. The van der Waals surface area contributed by atoms with Gasteiger partial charge in [0.2, 0.25) is 0 Å². The molecule has 1 aliphatic carbocycles. The molecule has 1 saturated carbocycles. The van der Waals surface area contributed by atoms with E-state index in [1.807, 2.05) is 0 Å². The molecule has 0 bridgehead atoms. The number of aliphatic imine (C=N–C) groups is 1. The quantitative estimate of drug-likeness (QED) is 0.368. The van der Waals surface area contributed by atoms with Crippen LogP contribution in [-0.2, 0) is 9.47 Å². The smallest absolute Gasteiger partial charge is 0.191 e. The molecule has 0 aromatic heterocycles. The molecule has 0 aliphatic heterocycles. The van der Waals surface area contributed by atoms with Gasteiger partial charge in [-0.1, -0.05) is 12.8 Å². The van der Waals surface area contributed by atoms with Crippen LogP contribution in [0.2, 0.25) is 0 Å². The lowest BCUT2D eigenvalue weighted by Crippen LogP contribution is -2.44. The Labute approximate surface area is 142 Å². The summed E-state index contributed by atoms with van der Waals surface area (Å²) in [4.78, 5) is 4.68. The van der Waals surface area contributed by atoms with Crippen molar-refractivity contribution in [3.8, 4) is 0 Å². The number of ether oxygens (including phenoxy) is 2. The zero-order valence-corrected chi connectivity index (χ0v) is 15.8. The normalized spacial score (nSPS) is 18.2. The minimum Gasteiger partial charge on any atom is -0.382 e. The van der Waals surface area contributed by atoms with Crippen molar-refractivity contribution in [3.05, 3.63) is 0 Å². The number of hydrogen-bond donors (Lipinski definition) is 2. The van der Waals surface area contributed by atoms with Gasteiger partial charge in [0.25, 0.3) is 0 Å². The lowest BCUT2D eigenvalue weighted by molar-refractivity contribution is 0.0310. The first-order chi connectivity index (χ1) is 11.0. The third-order valence-corrected chi connectivity index (χ3v) is 4.79. The maximum atomic E-state index is 5.59. The Balaban J connectivity index is 2.58. The fourth-order valence-corrected chi connectivity index (χ4v) is 3.02. The number of methoxy groups -OCH3 is 1. The van der Waals surface area contributed by atoms with Crippen LogP contribution in [0, 0.1) is 5.41 Å². The van der Waals surface area contributed by atoms with Crippen LogP contribution in [0.5, 0.6) is 0 Å². The lowest BCUT2D eigenvalue weighted by Gasteiger charge is -2.30. The van der Waals surface area contributed by atoms with Crippen molar-refractivity contribution in [3.63, 3.8) is 0 Å². The van der Waals surface area contributed by atoms with E-state index in [9.17, 15) is 0 Å². The molecular formula is C18H37N3O2. The van der Waals surface area contributed by atoms with Crippen LogP contribution in [0.1, 0.15) is 59.8 Å². The van der Waals surface area contributed by atoms with Gasteiger partial charge in [0.1, 0.15) is 0 Å². The van der Waals surface area contributed by atoms with Gasteiger partial charge in [-0.05, 0) is 52.4 Å². The average Bonchev–Trinajstić information content (AvgIpc) is 3.00. The monoisotopic (exact) mass is 327 g/mol. The Kier molecular flexibility index (Phi) is 8.92. The van der Waals surface area contributed by atoms with Gasteiger partial charge < -0.3 is 20.1 Å². The first-order valence-corrected chi connectivity index (χ1v) is 9.12. The summed E-state index contributed by atoms with van der Waals surface area (Å²) in [6.45, 7) is 12.4. The Morgan fingerprint density at radius 2 is 1.87 bits per heavy atom. The fraction of sp³-hybridized carbons (Fsp3) is 0.944. The Hall–Kier alpha value is -0.810. The number of guanidine groups is 1. The second-order valence-electron chi connectivity index (χ2n) is 7.17. The summed E-state index contributed by atoms with van der Waals surface area (Å²) < 4.78 is 11.0. The lowest BCUT2D eigenvalue weighted by atomic mass is 9.83. The maximum Gasteiger partial charge on any atom is 0.191 e.